The Labute approximate surface area is 185 Å². The first-order valence-corrected chi connectivity index (χ1v) is 10.1. The zero-order valence-corrected chi connectivity index (χ0v) is 18.0. The molecule has 3 N–H and O–H groups in total. The number of methoxy groups -OCH3 is 1. The Morgan fingerprint density at radius 3 is 2.53 bits per heavy atom. The Hall–Kier alpha value is -3.85. The van der Waals surface area contributed by atoms with Gasteiger partial charge in [0.05, 0.1) is 13.7 Å². The van der Waals surface area contributed by atoms with Gasteiger partial charge in [-0.2, -0.15) is 0 Å². The van der Waals surface area contributed by atoms with E-state index in [1.165, 1.54) is 19.2 Å². The predicted octanol–water partition coefficient (Wildman–Crippen LogP) is 2.14. The van der Waals surface area contributed by atoms with Gasteiger partial charge in [0, 0.05) is 30.6 Å². The number of ether oxygens (including phenoxy) is 2. The summed E-state index contributed by atoms with van der Waals surface area (Å²) in [6.07, 6.45) is 1.38. The number of nitrogens with zero attached hydrogens (tertiary/aromatic N) is 1. The van der Waals surface area contributed by atoms with Crippen LogP contribution < -0.4 is 10.7 Å². The molecule has 9 nitrogen and oxygen atoms in total. The van der Waals surface area contributed by atoms with Gasteiger partial charge in [-0.3, -0.25) is 10.2 Å². The number of aromatic amines is 1. The minimum absolute atomic E-state index is 0.113. The second-order valence-corrected chi connectivity index (χ2v) is 7.24. The highest BCUT2D eigenvalue weighted by Gasteiger charge is 2.24. The van der Waals surface area contributed by atoms with Gasteiger partial charge in [0.15, 0.2) is 0 Å². The molecule has 3 rings (SSSR count). The monoisotopic (exact) mass is 438 g/mol. The van der Waals surface area contributed by atoms with Crippen LogP contribution in [0, 0.1) is 0 Å². The van der Waals surface area contributed by atoms with Crippen LogP contribution in [0.25, 0.3) is 10.9 Å². The molecule has 0 unspecified atom stereocenters. The van der Waals surface area contributed by atoms with Gasteiger partial charge in [0.2, 0.25) is 5.91 Å². The molecule has 0 aliphatic rings. The van der Waals surface area contributed by atoms with Crippen molar-refractivity contribution in [2.24, 2.45) is 0 Å². The molecule has 1 heterocycles. The molecule has 2 amide bonds. The maximum atomic E-state index is 12.5. The molecule has 0 bridgehead atoms. The zero-order valence-electron chi connectivity index (χ0n) is 18.0. The summed E-state index contributed by atoms with van der Waals surface area (Å²) in [5, 5.41) is 4.92. The molecule has 0 aliphatic heterocycles. The molecule has 0 aliphatic carbocycles. The van der Waals surface area contributed by atoms with Crippen LogP contribution in [0.4, 0.5) is 4.79 Å². The predicted molar refractivity (Wildman–Crippen MR) is 118 cm³/mol. The van der Waals surface area contributed by atoms with Crippen molar-refractivity contribution in [3.05, 3.63) is 71.9 Å². The molecule has 9 heteroatoms. The number of rotatable bonds is 9. The van der Waals surface area contributed by atoms with Crippen molar-refractivity contribution in [2.75, 3.05) is 20.7 Å². The molecule has 1 atom stereocenters. The van der Waals surface area contributed by atoms with E-state index in [0.29, 0.717) is 0 Å². The molecule has 0 fully saturated rings. The van der Waals surface area contributed by atoms with Crippen molar-refractivity contribution in [1.29, 1.82) is 0 Å². The van der Waals surface area contributed by atoms with Crippen molar-refractivity contribution >= 4 is 28.9 Å². The van der Waals surface area contributed by atoms with Crippen LogP contribution >= 0.6 is 0 Å². The van der Waals surface area contributed by atoms with Crippen LogP contribution in [0.2, 0.25) is 0 Å². The summed E-state index contributed by atoms with van der Waals surface area (Å²) in [5.74, 6) is -1.01. The van der Waals surface area contributed by atoms with Crippen LogP contribution in [0.3, 0.4) is 0 Å². The van der Waals surface area contributed by atoms with E-state index < -0.39 is 24.0 Å². The topological polar surface area (TPSA) is 113 Å². The largest absolute Gasteiger partial charge is 0.467 e. The SMILES string of the molecule is COC(=O)[C@@H](Cc1c[nH]c2ccccc12)NC(=O)CN(C)NC(=O)OCc1ccccc1. The van der Waals surface area contributed by atoms with Crippen LogP contribution in [-0.2, 0) is 32.1 Å². The molecule has 2 aromatic carbocycles. The van der Waals surface area contributed by atoms with Gasteiger partial charge >= 0.3 is 12.1 Å². The maximum Gasteiger partial charge on any atom is 0.422 e. The van der Waals surface area contributed by atoms with E-state index in [4.69, 9.17) is 9.47 Å². The number of hydrogen-bond donors (Lipinski definition) is 3. The van der Waals surface area contributed by atoms with Gasteiger partial charge in [-0.25, -0.2) is 14.6 Å². The van der Waals surface area contributed by atoms with E-state index in [-0.39, 0.29) is 19.6 Å². The van der Waals surface area contributed by atoms with E-state index in [1.54, 1.807) is 0 Å². The second-order valence-electron chi connectivity index (χ2n) is 7.24. The lowest BCUT2D eigenvalue weighted by atomic mass is 10.0. The number of carbonyl (C=O) groups is 3. The van der Waals surface area contributed by atoms with E-state index in [0.717, 1.165) is 22.0 Å². The average molecular weight is 438 g/mol. The molecule has 32 heavy (non-hydrogen) atoms. The van der Waals surface area contributed by atoms with Crippen molar-refractivity contribution < 1.29 is 23.9 Å². The van der Waals surface area contributed by atoms with Gasteiger partial charge in [-0.15, -0.1) is 0 Å². The average Bonchev–Trinajstić information content (AvgIpc) is 3.20. The molecule has 0 saturated heterocycles. The Balaban J connectivity index is 1.52. The number of likely N-dealkylation sites (N-methyl/N-ethyl adjacent to an activating group) is 1. The Kier molecular flexibility index (Phi) is 7.82. The van der Waals surface area contributed by atoms with Gasteiger partial charge in [0.1, 0.15) is 12.6 Å². The highest BCUT2D eigenvalue weighted by Crippen LogP contribution is 2.19. The van der Waals surface area contributed by atoms with E-state index in [2.05, 4.69) is 15.7 Å². The molecule has 3 aromatic rings. The molecule has 1 aromatic heterocycles. The number of nitrogens with one attached hydrogen (secondary N) is 3. The lowest BCUT2D eigenvalue weighted by molar-refractivity contribution is -0.145. The third kappa shape index (κ3) is 6.32. The molecular weight excluding hydrogens is 412 g/mol. The van der Waals surface area contributed by atoms with E-state index >= 15 is 0 Å². The summed E-state index contributed by atoms with van der Waals surface area (Å²) in [6.45, 7) is -0.0659. The minimum atomic E-state index is -0.870. The number of aromatic nitrogens is 1. The highest BCUT2D eigenvalue weighted by atomic mass is 16.6. The first-order valence-electron chi connectivity index (χ1n) is 10.1. The first-order chi connectivity index (χ1) is 15.5. The standard InChI is InChI=1S/C23H26N4O5/c1-27(26-23(30)32-15-16-8-4-3-5-9-16)14-21(28)25-20(22(29)31-2)12-17-13-24-19-11-7-6-10-18(17)19/h3-11,13,20,24H,12,14-15H2,1-2H3,(H,25,28)(H,26,30)/t20-/m1/s1. The van der Waals surface area contributed by atoms with E-state index in [9.17, 15) is 14.4 Å². The van der Waals surface area contributed by atoms with Crippen molar-refractivity contribution in [1.82, 2.24) is 20.7 Å². The third-order valence-corrected chi connectivity index (χ3v) is 4.80. The number of amides is 2. The fourth-order valence-corrected chi connectivity index (χ4v) is 3.26. The number of hydrogen-bond acceptors (Lipinski definition) is 6. The Bertz CT molecular complexity index is 1070. The molecule has 0 spiro atoms. The number of H-pyrrole nitrogens is 1. The van der Waals surface area contributed by atoms with Gasteiger partial charge in [0.25, 0.3) is 0 Å². The zero-order chi connectivity index (χ0) is 22.9. The summed E-state index contributed by atoms with van der Waals surface area (Å²) >= 11 is 0. The minimum Gasteiger partial charge on any atom is -0.467 e. The van der Waals surface area contributed by atoms with Crippen LogP contribution in [0.5, 0.6) is 0 Å². The quantitative estimate of drug-likeness (QED) is 0.349. The Morgan fingerprint density at radius 2 is 1.78 bits per heavy atom. The first kappa shape index (κ1) is 22.8. The van der Waals surface area contributed by atoms with Crippen molar-refractivity contribution in [3.8, 4) is 0 Å². The number of benzene rings is 2. The molecule has 0 saturated carbocycles. The number of para-hydroxylation sites is 1. The Morgan fingerprint density at radius 1 is 1.06 bits per heavy atom. The molecule has 0 radical (unpaired) electrons. The molecular formula is C23H26N4O5. The van der Waals surface area contributed by atoms with Crippen LogP contribution in [0.1, 0.15) is 11.1 Å². The number of hydrazine groups is 1. The van der Waals surface area contributed by atoms with Crippen molar-refractivity contribution in [3.63, 3.8) is 0 Å². The third-order valence-electron chi connectivity index (χ3n) is 4.80. The number of fused-ring (bicyclic) bond motifs is 1. The number of esters is 1. The normalized spacial score (nSPS) is 11.7. The lowest BCUT2D eigenvalue weighted by Crippen LogP contribution is -2.50. The van der Waals surface area contributed by atoms with Crippen LogP contribution in [0.15, 0.2) is 60.8 Å². The van der Waals surface area contributed by atoms with Gasteiger partial charge in [-0.05, 0) is 17.2 Å². The lowest BCUT2D eigenvalue weighted by Gasteiger charge is -2.20. The van der Waals surface area contributed by atoms with Crippen LogP contribution in [-0.4, -0.2) is 54.7 Å². The number of carbonyl (C=O) groups excluding carboxylic acids is 3. The summed E-state index contributed by atoms with van der Waals surface area (Å²) < 4.78 is 9.98. The summed E-state index contributed by atoms with van der Waals surface area (Å²) in [4.78, 5) is 39.8. The summed E-state index contributed by atoms with van der Waals surface area (Å²) in [7, 11) is 2.79. The fourth-order valence-electron chi connectivity index (χ4n) is 3.26. The van der Waals surface area contributed by atoms with Crippen molar-refractivity contribution in [2.45, 2.75) is 19.1 Å². The van der Waals surface area contributed by atoms with Gasteiger partial charge < -0.3 is 19.8 Å². The summed E-state index contributed by atoms with van der Waals surface area (Å²) in [6, 6.07) is 16.1. The molecule has 168 valence electrons. The smallest absolute Gasteiger partial charge is 0.422 e. The highest BCUT2D eigenvalue weighted by molar-refractivity contribution is 5.88. The van der Waals surface area contributed by atoms with E-state index in [1.807, 2.05) is 60.8 Å². The van der Waals surface area contributed by atoms with Gasteiger partial charge in [-0.1, -0.05) is 48.5 Å². The fraction of sp³-hybridized carbons (Fsp3) is 0.261. The maximum absolute atomic E-state index is 12.5. The second kappa shape index (κ2) is 11.0. The summed E-state index contributed by atoms with van der Waals surface area (Å²) in [5.41, 5.74) is 5.13.